The molecule has 0 aromatic rings. The number of unbranched alkanes of at least 4 members (excludes halogenated alkanes) is 6. The van der Waals surface area contributed by atoms with Gasteiger partial charge in [0.05, 0.1) is 6.04 Å². The average molecular weight is 271 g/mol. The number of carbonyl (C=O) groups is 2. The number of rotatable bonds is 12. The summed E-state index contributed by atoms with van der Waals surface area (Å²) in [5, 5.41) is 2.66. The van der Waals surface area contributed by atoms with Gasteiger partial charge in [-0.1, -0.05) is 45.4 Å². The molecule has 4 heteroatoms. The fraction of sp³-hybridized carbons (Fsp3) is 0.867. The van der Waals surface area contributed by atoms with Crippen LogP contribution < -0.4 is 5.32 Å². The van der Waals surface area contributed by atoms with Gasteiger partial charge in [-0.3, -0.25) is 9.59 Å². The molecular weight excluding hydrogens is 242 g/mol. The zero-order chi connectivity index (χ0) is 14.5. The van der Waals surface area contributed by atoms with Gasteiger partial charge in [0.15, 0.2) is 0 Å². The third kappa shape index (κ3) is 10.5. The number of nitrogens with one attached hydrogen (secondary N) is 1. The first-order valence-electron chi connectivity index (χ1n) is 7.48. The molecule has 1 N–H and O–H groups in total. The maximum Gasteiger partial charge on any atom is 0.302 e. The van der Waals surface area contributed by atoms with E-state index in [-0.39, 0.29) is 18.1 Å². The molecule has 0 heterocycles. The molecule has 0 radical (unpaired) electrons. The quantitative estimate of drug-likeness (QED) is 0.337. The van der Waals surface area contributed by atoms with E-state index < -0.39 is 0 Å². The molecule has 0 fully saturated rings. The monoisotopic (exact) mass is 271 g/mol. The lowest BCUT2D eigenvalue weighted by molar-refractivity contribution is -0.148. The molecule has 2 atom stereocenters. The Balaban J connectivity index is 3.79. The van der Waals surface area contributed by atoms with Crippen LogP contribution in [0.5, 0.6) is 0 Å². The third-order valence-corrected chi connectivity index (χ3v) is 3.30. The summed E-state index contributed by atoms with van der Waals surface area (Å²) in [6, 6.07) is -0.124. The summed E-state index contributed by atoms with van der Waals surface area (Å²) >= 11 is 0. The van der Waals surface area contributed by atoms with Crippen LogP contribution >= 0.6 is 0 Å². The fourth-order valence-corrected chi connectivity index (χ4v) is 2.14. The van der Waals surface area contributed by atoms with Gasteiger partial charge < -0.3 is 10.1 Å². The van der Waals surface area contributed by atoms with Crippen LogP contribution in [0.1, 0.15) is 72.1 Å². The molecule has 0 rings (SSSR count). The Hall–Kier alpha value is -1.06. The van der Waals surface area contributed by atoms with Crippen LogP contribution in [0, 0.1) is 0 Å². The van der Waals surface area contributed by atoms with Gasteiger partial charge in [0.1, 0.15) is 6.10 Å². The third-order valence-electron chi connectivity index (χ3n) is 3.30. The first-order valence-corrected chi connectivity index (χ1v) is 7.48. The van der Waals surface area contributed by atoms with E-state index in [2.05, 4.69) is 12.2 Å². The lowest BCUT2D eigenvalue weighted by atomic mass is 10.0. The van der Waals surface area contributed by atoms with Crippen molar-refractivity contribution in [2.45, 2.75) is 84.3 Å². The summed E-state index contributed by atoms with van der Waals surface area (Å²) in [6.07, 6.45) is 9.88. The molecule has 1 amide bonds. The molecule has 0 aromatic carbocycles. The Morgan fingerprint density at radius 1 is 1.16 bits per heavy atom. The standard InChI is InChI=1S/C15H29NO3/c1-4-5-6-7-8-9-10-11-15(19-14(3)18)13(2)16-12-17/h12-13,15H,4-11H2,1-3H3,(H,16,17). The minimum atomic E-state index is -0.285. The molecule has 19 heavy (non-hydrogen) atoms. The Morgan fingerprint density at radius 3 is 2.26 bits per heavy atom. The minimum absolute atomic E-state index is 0.124. The summed E-state index contributed by atoms with van der Waals surface area (Å²) in [4.78, 5) is 21.5. The van der Waals surface area contributed by atoms with Crippen molar-refractivity contribution in [3.05, 3.63) is 0 Å². The molecule has 0 aromatic heterocycles. The van der Waals surface area contributed by atoms with Crippen LogP contribution in [0.25, 0.3) is 0 Å². The second-order valence-corrected chi connectivity index (χ2v) is 5.13. The largest absolute Gasteiger partial charge is 0.460 e. The molecule has 0 saturated carbocycles. The van der Waals surface area contributed by atoms with Crippen molar-refractivity contribution in [3.63, 3.8) is 0 Å². The number of hydrogen-bond acceptors (Lipinski definition) is 3. The number of ether oxygens (including phenoxy) is 1. The number of amides is 1. The van der Waals surface area contributed by atoms with Crippen molar-refractivity contribution in [1.82, 2.24) is 5.32 Å². The van der Waals surface area contributed by atoms with Crippen molar-refractivity contribution in [1.29, 1.82) is 0 Å². The van der Waals surface area contributed by atoms with E-state index in [9.17, 15) is 9.59 Å². The number of esters is 1. The Morgan fingerprint density at radius 2 is 1.74 bits per heavy atom. The van der Waals surface area contributed by atoms with E-state index in [0.29, 0.717) is 6.41 Å². The summed E-state index contributed by atoms with van der Waals surface area (Å²) in [5.74, 6) is -0.285. The molecule has 4 nitrogen and oxygen atoms in total. The SMILES string of the molecule is CCCCCCCCCC(OC(C)=O)C(C)NC=O. The van der Waals surface area contributed by atoms with E-state index in [1.165, 1.54) is 39.0 Å². The lowest BCUT2D eigenvalue weighted by Crippen LogP contribution is -2.39. The predicted octanol–water partition coefficient (Wildman–Crippen LogP) is 3.19. The van der Waals surface area contributed by atoms with Crippen LogP contribution in [0.4, 0.5) is 0 Å². The molecule has 0 aliphatic rings. The first-order chi connectivity index (χ1) is 9.11. The van der Waals surface area contributed by atoms with Crippen LogP contribution in [-0.4, -0.2) is 24.5 Å². The maximum absolute atomic E-state index is 11.0. The molecule has 0 aliphatic heterocycles. The van der Waals surface area contributed by atoms with E-state index in [1.807, 2.05) is 6.92 Å². The van der Waals surface area contributed by atoms with Gasteiger partial charge in [0.25, 0.3) is 0 Å². The Labute approximate surface area is 117 Å². The van der Waals surface area contributed by atoms with Gasteiger partial charge >= 0.3 is 5.97 Å². The molecular formula is C15H29NO3. The predicted molar refractivity (Wildman–Crippen MR) is 76.8 cm³/mol. The zero-order valence-corrected chi connectivity index (χ0v) is 12.6. The van der Waals surface area contributed by atoms with E-state index in [1.54, 1.807) is 0 Å². The Kier molecular flexibility index (Phi) is 11.3. The van der Waals surface area contributed by atoms with Crippen molar-refractivity contribution in [3.8, 4) is 0 Å². The van der Waals surface area contributed by atoms with Crippen LogP contribution in [0.15, 0.2) is 0 Å². The topological polar surface area (TPSA) is 55.4 Å². The second kappa shape index (κ2) is 12.0. The van der Waals surface area contributed by atoms with E-state index in [0.717, 1.165) is 19.3 Å². The minimum Gasteiger partial charge on any atom is -0.460 e. The molecule has 0 bridgehead atoms. The van der Waals surface area contributed by atoms with Gasteiger partial charge in [-0.25, -0.2) is 0 Å². The fourth-order valence-electron chi connectivity index (χ4n) is 2.14. The normalized spacial score (nSPS) is 13.6. The molecule has 0 spiro atoms. The van der Waals surface area contributed by atoms with Gasteiger partial charge in [-0.05, 0) is 19.8 Å². The maximum atomic E-state index is 11.0. The van der Waals surface area contributed by atoms with E-state index >= 15 is 0 Å². The molecule has 2 unspecified atom stereocenters. The van der Waals surface area contributed by atoms with Gasteiger partial charge in [-0.15, -0.1) is 0 Å². The lowest BCUT2D eigenvalue weighted by Gasteiger charge is -2.23. The first kappa shape index (κ1) is 17.9. The summed E-state index contributed by atoms with van der Waals surface area (Å²) in [7, 11) is 0. The van der Waals surface area contributed by atoms with Crippen LogP contribution in [-0.2, 0) is 14.3 Å². The number of hydrogen-bond donors (Lipinski definition) is 1. The molecule has 0 saturated heterocycles. The van der Waals surface area contributed by atoms with Crippen molar-refractivity contribution in [2.75, 3.05) is 0 Å². The molecule has 112 valence electrons. The number of carbonyl (C=O) groups excluding carboxylic acids is 2. The van der Waals surface area contributed by atoms with Crippen molar-refractivity contribution >= 4 is 12.4 Å². The van der Waals surface area contributed by atoms with Gasteiger partial charge in [0.2, 0.25) is 6.41 Å². The van der Waals surface area contributed by atoms with Crippen LogP contribution in [0.2, 0.25) is 0 Å². The Bertz CT molecular complexity index is 244. The summed E-state index contributed by atoms with van der Waals surface area (Å²) < 4.78 is 5.25. The highest BCUT2D eigenvalue weighted by molar-refractivity contribution is 5.66. The highest BCUT2D eigenvalue weighted by Crippen LogP contribution is 2.13. The van der Waals surface area contributed by atoms with Gasteiger partial charge in [0, 0.05) is 6.92 Å². The summed E-state index contributed by atoms with van der Waals surface area (Å²) in [5.41, 5.74) is 0. The highest BCUT2D eigenvalue weighted by atomic mass is 16.5. The van der Waals surface area contributed by atoms with E-state index in [4.69, 9.17) is 4.74 Å². The van der Waals surface area contributed by atoms with Crippen LogP contribution in [0.3, 0.4) is 0 Å². The molecule has 0 aliphatic carbocycles. The van der Waals surface area contributed by atoms with Crippen molar-refractivity contribution in [2.24, 2.45) is 0 Å². The van der Waals surface area contributed by atoms with Gasteiger partial charge in [-0.2, -0.15) is 0 Å². The smallest absolute Gasteiger partial charge is 0.302 e. The highest BCUT2D eigenvalue weighted by Gasteiger charge is 2.19. The zero-order valence-electron chi connectivity index (χ0n) is 12.6. The average Bonchev–Trinajstić information content (AvgIpc) is 2.36. The van der Waals surface area contributed by atoms with Crippen molar-refractivity contribution < 1.29 is 14.3 Å². The summed E-state index contributed by atoms with van der Waals surface area (Å²) in [6.45, 7) is 5.49. The second-order valence-electron chi connectivity index (χ2n) is 5.13.